The molecule has 0 fully saturated rings. The van der Waals surface area contributed by atoms with Crippen LogP contribution in [0.4, 0.5) is 10.1 Å². The van der Waals surface area contributed by atoms with Gasteiger partial charge in [0.2, 0.25) is 0 Å². The van der Waals surface area contributed by atoms with E-state index in [2.05, 4.69) is 5.92 Å². The van der Waals surface area contributed by atoms with E-state index in [1.165, 1.54) is 19.2 Å². The molecule has 0 unspecified atom stereocenters. The van der Waals surface area contributed by atoms with Crippen molar-refractivity contribution in [2.75, 3.05) is 18.0 Å². The van der Waals surface area contributed by atoms with E-state index in [1.807, 2.05) is 0 Å². The molecule has 0 atom stereocenters. The summed E-state index contributed by atoms with van der Waals surface area (Å²) in [5, 5.41) is 0. The minimum Gasteiger partial charge on any atom is -0.481 e. The molecule has 0 aliphatic rings. The van der Waals surface area contributed by atoms with Gasteiger partial charge in [-0.15, -0.1) is 6.42 Å². The summed E-state index contributed by atoms with van der Waals surface area (Å²) in [6.07, 6.45) is 5.11. The van der Waals surface area contributed by atoms with Crippen molar-refractivity contribution in [3.63, 3.8) is 0 Å². The summed E-state index contributed by atoms with van der Waals surface area (Å²) in [5.74, 6) is 2.29. The SMILES string of the molecule is C#CCOc1ccc(N(C)S(=O)(=O)c2cc(F)ccc2C)cc1. The molecule has 23 heavy (non-hydrogen) atoms. The van der Waals surface area contributed by atoms with Gasteiger partial charge in [0.05, 0.1) is 10.6 Å². The smallest absolute Gasteiger partial charge is 0.264 e. The number of aryl methyl sites for hydroxylation is 1. The van der Waals surface area contributed by atoms with Crippen molar-refractivity contribution in [3.8, 4) is 18.1 Å². The second-order valence-electron chi connectivity index (χ2n) is 4.87. The Morgan fingerprint density at radius 2 is 1.87 bits per heavy atom. The van der Waals surface area contributed by atoms with Gasteiger partial charge in [0.25, 0.3) is 10.0 Å². The Bertz CT molecular complexity index is 839. The second-order valence-corrected chi connectivity index (χ2v) is 6.81. The molecule has 0 aliphatic heterocycles. The van der Waals surface area contributed by atoms with E-state index in [4.69, 9.17) is 11.2 Å². The predicted octanol–water partition coefficient (Wildman–Crippen LogP) is 2.97. The average molecular weight is 333 g/mol. The lowest BCUT2D eigenvalue weighted by molar-refractivity contribution is 0.370. The topological polar surface area (TPSA) is 46.6 Å². The maximum atomic E-state index is 13.4. The van der Waals surface area contributed by atoms with E-state index in [1.54, 1.807) is 31.2 Å². The summed E-state index contributed by atoms with van der Waals surface area (Å²) in [5.41, 5.74) is 0.911. The normalized spacial score (nSPS) is 10.9. The van der Waals surface area contributed by atoms with Gasteiger partial charge in [-0.3, -0.25) is 4.31 Å². The largest absolute Gasteiger partial charge is 0.481 e. The lowest BCUT2D eigenvalue weighted by Gasteiger charge is -2.21. The number of sulfonamides is 1. The Kier molecular flexibility index (Phi) is 4.92. The molecule has 0 radical (unpaired) electrons. The van der Waals surface area contributed by atoms with Gasteiger partial charge in [-0.2, -0.15) is 0 Å². The molecule has 0 aliphatic carbocycles. The molecule has 0 spiro atoms. The number of benzene rings is 2. The Labute approximate surface area is 135 Å². The lowest BCUT2D eigenvalue weighted by Crippen LogP contribution is -2.27. The first kappa shape index (κ1) is 16.8. The van der Waals surface area contributed by atoms with Crippen LogP contribution in [-0.2, 0) is 10.0 Å². The molecule has 0 aromatic heterocycles. The van der Waals surface area contributed by atoms with E-state index < -0.39 is 15.8 Å². The van der Waals surface area contributed by atoms with Gasteiger partial charge in [-0.05, 0) is 48.9 Å². The maximum absolute atomic E-state index is 13.4. The molecular formula is C17H16FNO3S. The highest BCUT2D eigenvalue weighted by Gasteiger charge is 2.23. The summed E-state index contributed by atoms with van der Waals surface area (Å²) in [6.45, 7) is 1.76. The van der Waals surface area contributed by atoms with Gasteiger partial charge in [0.1, 0.15) is 18.2 Å². The van der Waals surface area contributed by atoms with Gasteiger partial charge in [0.15, 0.2) is 0 Å². The van der Waals surface area contributed by atoms with E-state index >= 15 is 0 Å². The molecule has 0 saturated heterocycles. The fraction of sp³-hybridized carbons (Fsp3) is 0.176. The van der Waals surface area contributed by atoms with Crippen molar-refractivity contribution in [1.29, 1.82) is 0 Å². The number of rotatable bonds is 5. The number of terminal acetylenes is 1. The van der Waals surface area contributed by atoms with Crippen LogP contribution in [-0.4, -0.2) is 22.1 Å². The van der Waals surface area contributed by atoms with Crippen LogP contribution in [0.2, 0.25) is 0 Å². The van der Waals surface area contributed by atoms with Crippen LogP contribution in [0.15, 0.2) is 47.4 Å². The number of hydrogen-bond acceptors (Lipinski definition) is 3. The Morgan fingerprint density at radius 1 is 1.22 bits per heavy atom. The number of anilines is 1. The number of ether oxygens (including phenoxy) is 1. The van der Waals surface area contributed by atoms with E-state index in [0.29, 0.717) is 17.0 Å². The first-order valence-electron chi connectivity index (χ1n) is 6.77. The molecule has 0 amide bonds. The minimum atomic E-state index is -3.85. The molecule has 2 rings (SSSR count). The van der Waals surface area contributed by atoms with Crippen LogP contribution < -0.4 is 9.04 Å². The van der Waals surface area contributed by atoms with Gasteiger partial charge in [-0.25, -0.2) is 12.8 Å². The molecular weight excluding hydrogens is 317 g/mol. The zero-order chi connectivity index (χ0) is 17.0. The molecule has 2 aromatic rings. The predicted molar refractivity (Wildman–Crippen MR) is 87.5 cm³/mol. The molecule has 0 N–H and O–H groups in total. The van der Waals surface area contributed by atoms with Crippen LogP contribution in [0.3, 0.4) is 0 Å². The highest BCUT2D eigenvalue weighted by atomic mass is 32.2. The lowest BCUT2D eigenvalue weighted by atomic mass is 10.2. The van der Waals surface area contributed by atoms with Gasteiger partial charge >= 0.3 is 0 Å². The quantitative estimate of drug-likeness (QED) is 0.790. The molecule has 120 valence electrons. The van der Waals surface area contributed by atoms with Crippen molar-refractivity contribution >= 4 is 15.7 Å². The minimum absolute atomic E-state index is 0.0624. The molecule has 0 heterocycles. The maximum Gasteiger partial charge on any atom is 0.264 e. The summed E-state index contributed by atoms with van der Waals surface area (Å²) in [6, 6.07) is 10.1. The number of nitrogens with zero attached hydrogens (tertiary/aromatic N) is 1. The van der Waals surface area contributed by atoms with Crippen LogP contribution >= 0.6 is 0 Å². The second kappa shape index (κ2) is 6.71. The third kappa shape index (κ3) is 3.63. The third-order valence-electron chi connectivity index (χ3n) is 3.31. The fourth-order valence-electron chi connectivity index (χ4n) is 2.02. The highest BCUT2D eigenvalue weighted by molar-refractivity contribution is 7.92. The van der Waals surface area contributed by atoms with Gasteiger partial charge in [-0.1, -0.05) is 12.0 Å². The Hall–Kier alpha value is -2.52. The van der Waals surface area contributed by atoms with E-state index in [9.17, 15) is 12.8 Å². The first-order valence-corrected chi connectivity index (χ1v) is 8.21. The van der Waals surface area contributed by atoms with Crippen LogP contribution in [0.25, 0.3) is 0 Å². The number of hydrogen-bond donors (Lipinski definition) is 0. The fourth-order valence-corrected chi connectivity index (χ4v) is 3.45. The Balaban J connectivity index is 2.33. The average Bonchev–Trinajstić information content (AvgIpc) is 2.54. The van der Waals surface area contributed by atoms with Crippen molar-refractivity contribution in [2.24, 2.45) is 0 Å². The van der Waals surface area contributed by atoms with Gasteiger partial charge < -0.3 is 4.74 Å². The zero-order valence-corrected chi connectivity index (χ0v) is 13.6. The van der Waals surface area contributed by atoms with E-state index in [-0.39, 0.29) is 11.5 Å². The molecule has 6 heteroatoms. The van der Waals surface area contributed by atoms with Crippen molar-refractivity contribution < 1.29 is 17.5 Å². The first-order chi connectivity index (χ1) is 10.9. The van der Waals surface area contributed by atoms with Gasteiger partial charge in [0, 0.05) is 7.05 Å². The van der Waals surface area contributed by atoms with Crippen LogP contribution in [0, 0.1) is 25.1 Å². The Morgan fingerprint density at radius 3 is 2.48 bits per heavy atom. The van der Waals surface area contributed by atoms with Crippen molar-refractivity contribution in [3.05, 3.63) is 53.8 Å². The number of halogens is 1. The molecule has 2 aromatic carbocycles. The zero-order valence-electron chi connectivity index (χ0n) is 12.8. The molecule has 0 saturated carbocycles. The standard InChI is InChI=1S/C17H16FNO3S/c1-4-11-22-16-9-7-15(8-10-16)19(3)23(20,21)17-12-14(18)6-5-13(17)2/h1,5-10,12H,11H2,2-3H3. The molecule has 0 bridgehead atoms. The third-order valence-corrected chi connectivity index (χ3v) is 5.24. The van der Waals surface area contributed by atoms with Crippen LogP contribution in [0.5, 0.6) is 5.75 Å². The molecule has 4 nitrogen and oxygen atoms in total. The monoisotopic (exact) mass is 333 g/mol. The van der Waals surface area contributed by atoms with E-state index in [0.717, 1.165) is 10.4 Å². The van der Waals surface area contributed by atoms with Crippen LogP contribution in [0.1, 0.15) is 5.56 Å². The van der Waals surface area contributed by atoms with Crippen molar-refractivity contribution in [1.82, 2.24) is 0 Å². The summed E-state index contributed by atoms with van der Waals surface area (Å²) < 4.78 is 45.1. The summed E-state index contributed by atoms with van der Waals surface area (Å²) >= 11 is 0. The van der Waals surface area contributed by atoms with Crippen molar-refractivity contribution in [2.45, 2.75) is 11.8 Å². The summed E-state index contributed by atoms with van der Waals surface area (Å²) in [4.78, 5) is -0.0624. The summed E-state index contributed by atoms with van der Waals surface area (Å²) in [7, 11) is -2.44. The highest BCUT2D eigenvalue weighted by Crippen LogP contribution is 2.26.